The van der Waals surface area contributed by atoms with Gasteiger partial charge in [0.1, 0.15) is 0 Å². The monoisotopic (exact) mass is 248 g/mol. The zero-order chi connectivity index (χ0) is 7.00. The van der Waals surface area contributed by atoms with Crippen LogP contribution in [0.4, 0.5) is 0 Å². The summed E-state index contributed by atoms with van der Waals surface area (Å²) in [5.41, 5.74) is 0. The van der Waals surface area contributed by atoms with E-state index in [9.17, 15) is 8.42 Å². The number of hydrogen-bond acceptors (Lipinski definition) is 2. The molecule has 2 nitrogen and oxygen atoms in total. The smallest absolute Gasteiger partial charge is 0.207 e. The third-order valence-electron chi connectivity index (χ3n) is 0.731. The molecular weight excluding hydrogens is 239 g/mol. The molecule has 0 saturated carbocycles. The minimum absolute atomic E-state index is 0.604. The minimum Gasteiger partial charge on any atom is -0.218 e. The van der Waals surface area contributed by atoms with E-state index < -0.39 is 11.8 Å². The van der Waals surface area contributed by atoms with E-state index in [-0.39, 0.29) is 0 Å². The highest BCUT2D eigenvalue weighted by atomic mass is 127. The summed E-state index contributed by atoms with van der Waals surface area (Å²) in [5, 5.41) is 0. The summed E-state index contributed by atoms with van der Waals surface area (Å²) in [6, 6.07) is 0. The fourth-order valence-electron chi connectivity index (χ4n) is 0. The summed E-state index contributed by atoms with van der Waals surface area (Å²) >= 11 is 1.46. The van der Waals surface area contributed by atoms with Gasteiger partial charge in [0.2, 0.25) is 7.01 Å². The normalized spacial score (nSPS) is 14.0. The Morgan fingerprint density at radius 3 is 1.38 bits per heavy atom. The first-order valence-electron chi connectivity index (χ1n) is 2.19. The van der Waals surface area contributed by atoms with Gasteiger partial charge in [0.15, 0.2) is 0 Å². The summed E-state index contributed by atoms with van der Waals surface area (Å²) in [7, 11) is -2.87. The molecule has 0 N–H and O–H groups in total. The standard InChI is InChI=1S/C4H9IO2S/c1-4(2,3)8(5,6)7/h1-3H3. The molecule has 0 aromatic carbocycles. The molecule has 0 spiro atoms. The van der Waals surface area contributed by atoms with Crippen molar-refractivity contribution in [3.05, 3.63) is 0 Å². The molecule has 0 rings (SSSR count). The van der Waals surface area contributed by atoms with Crippen LogP contribution in [0.15, 0.2) is 0 Å². The predicted octanol–water partition coefficient (Wildman–Crippen LogP) is 1.55. The van der Waals surface area contributed by atoms with Crippen LogP contribution in [0.1, 0.15) is 20.8 Å². The first kappa shape index (κ1) is 8.68. The Morgan fingerprint density at radius 1 is 1.25 bits per heavy atom. The number of halogens is 1. The maximum Gasteiger partial charge on any atom is 0.207 e. The van der Waals surface area contributed by atoms with Gasteiger partial charge in [-0.05, 0) is 20.8 Å². The van der Waals surface area contributed by atoms with Crippen molar-refractivity contribution in [2.75, 3.05) is 0 Å². The number of rotatable bonds is 0. The van der Waals surface area contributed by atoms with E-state index in [2.05, 4.69) is 0 Å². The average molecular weight is 248 g/mol. The van der Waals surface area contributed by atoms with Gasteiger partial charge in [-0.25, -0.2) is 8.42 Å². The highest BCUT2D eigenvalue weighted by Gasteiger charge is 2.24. The van der Waals surface area contributed by atoms with Crippen molar-refractivity contribution in [2.24, 2.45) is 0 Å². The van der Waals surface area contributed by atoms with Crippen molar-refractivity contribution in [3.63, 3.8) is 0 Å². The fourth-order valence-corrected chi connectivity index (χ4v) is 0. The third-order valence-corrected chi connectivity index (χ3v) is 6.16. The van der Waals surface area contributed by atoms with Crippen LogP contribution in [-0.2, 0) is 7.01 Å². The first-order chi connectivity index (χ1) is 3.25. The van der Waals surface area contributed by atoms with Crippen LogP contribution in [0.2, 0.25) is 0 Å². The van der Waals surface area contributed by atoms with Gasteiger partial charge < -0.3 is 0 Å². The molecule has 0 unspecified atom stereocenters. The maximum atomic E-state index is 10.6. The first-order valence-corrected chi connectivity index (χ1v) is 6.22. The molecule has 0 bridgehead atoms. The van der Waals surface area contributed by atoms with Crippen LogP contribution in [0.5, 0.6) is 0 Å². The van der Waals surface area contributed by atoms with Gasteiger partial charge in [-0.1, -0.05) is 0 Å². The highest BCUT2D eigenvalue weighted by molar-refractivity contribution is 14.2. The molecule has 0 atom stereocenters. The molecule has 4 heteroatoms. The average Bonchev–Trinajstić information content (AvgIpc) is 1.25. The molecule has 0 aliphatic heterocycles. The molecule has 0 aliphatic carbocycles. The van der Waals surface area contributed by atoms with E-state index >= 15 is 0 Å². The Labute approximate surface area is 62.2 Å². The molecule has 0 saturated heterocycles. The second-order valence-corrected chi connectivity index (χ2v) is 8.13. The third kappa shape index (κ3) is 2.30. The second kappa shape index (κ2) is 2.13. The summed E-state index contributed by atoms with van der Waals surface area (Å²) < 4.78 is 20.7. The molecular formula is C4H9IO2S. The summed E-state index contributed by atoms with van der Waals surface area (Å²) in [4.78, 5) is 0. The lowest BCUT2D eigenvalue weighted by molar-refractivity contribution is 0.579. The van der Waals surface area contributed by atoms with E-state index in [0.29, 0.717) is 0 Å². The van der Waals surface area contributed by atoms with Crippen molar-refractivity contribution in [3.8, 4) is 0 Å². The molecule has 50 valence electrons. The molecule has 0 aromatic heterocycles. The molecule has 0 radical (unpaired) electrons. The Bertz CT molecular complexity index is 163. The van der Waals surface area contributed by atoms with Crippen molar-refractivity contribution >= 4 is 28.2 Å². The Balaban J connectivity index is 4.53. The van der Waals surface area contributed by atoms with E-state index in [1.165, 1.54) is 21.2 Å². The van der Waals surface area contributed by atoms with Crippen LogP contribution in [-0.4, -0.2) is 13.2 Å². The summed E-state index contributed by atoms with van der Waals surface area (Å²) in [6.07, 6.45) is 0. The Kier molecular flexibility index (Phi) is 2.31. The van der Waals surface area contributed by atoms with Crippen molar-refractivity contribution in [1.82, 2.24) is 0 Å². The zero-order valence-electron chi connectivity index (χ0n) is 5.10. The van der Waals surface area contributed by atoms with Crippen LogP contribution >= 0.6 is 21.2 Å². The minimum atomic E-state index is -2.87. The van der Waals surface area contributed by atoms with E-state index in [4.69, 9.17) is 0 Å². The summed E-state index contributed by atoms with van der Waals surface area (Å²) in [5.74, 6) is 0. The fraction of sp³-hybridized carbons (Fsp3) is 1.00. The van der Waals surface area contributed by atoms with Gasteiger partial charge in [0.25, 0.3) is 0 Å². The van der Waals surface area contributed by atoms with Crippen LogP contribution in [0, 0.1) is 0 Å². The zero-order valence-corrected chi connectivity index (χ0v) is 8.08. The van der Waals surface area contributed by atoms with Crippen molar-refractivity contribution in [1.29, 1.82) is 0 Å². The topological polar surface area (TPSA) is 34.1 Å². The van der Waals surface area contributed by atoms with Gasteiger partial charge in [-0.15, -0.1) is 0 Å². The lowest BCUT2D eigenvalue weighted by Crippen LogP contribution is -2.21. The quantitative estimate of drug-likeness (QED) is 0.481. The van der Waals surface area contributed by atoms with Gasteiger partial charge in [-0.3, -0.25) is 0 Å². The molecule has 0 aromatic rings. The van der Waals surface area contributed by atoms with Crippen molar-refractivity contribution < 1.29 is 8.42 Å². The lowest BCUT2D eigenvalue weighted by atomic mass is 10.3. The van der Waals surface area contributed by atoms with Gasteiger partial charge in [-0.2, -0.15) is 0 Å². The van der Waals surface area contributed by atoms with E-state index in [1.807, 2.05) is 0 Å². The molecule has 0 aliphatic rings. The van der Waals surface area contributed by atoms with Gasteiger partial charge in [0, 0.05) is 0 Å². The van der Waals surface area contributed by atoms with E-state index in [0.717, 1.165) is 0 Å². The van der Waals surface area contributed by atoms with Crippen molar-refractivity contribution in [2.45, 2.75) is 25.5 Å². The summed E-state index contributed by atoms with van der Waals surface area (Å²) in [6.45, 7) is 5.03. The van der Waals surface area contributed by atoms with E-state index in [1.54, 1.807) is 20.8 Å². The molecule has 0 amide bonds. The second-order valence-electron chi connectivity index (χ2n) is 2.55. The number of hydrogen-bond donors (Lipinski definition) is 0. The van der Waals surface area contributed by atoms with Gasteiger partial charge in [0.05, 0.1) is 26.0 Å². The largest absolute Gasteiger partial charge is 0.218 e. The molecule has 0 heterocycles. The van der Waals surface area contributed by atoms with Crippen LogP contribution in [0.25, 0.3) is 0 Å². The highest BCUT2D eigenvalue weighted by Crippen LogP contribution is 2.21. The van der Waals surface area contributed by atoms with Crippen LogP contribution < -0.4 is 0 Å². The lowest BCUT2D eigenvalue weighted by Gasteiger charge is -2.12. The maximum absolute atomic E-state index is 10.6. The molecule has 8 heavy (non-hydrogen) atoms. The van der Waals surface area contributed by atoms with Crippen LogP contribution in [0.3, 0.4) is 0 Å². The molecule has 0 fully saturated rings. The SMILES string of the molecule is CC(C)(C)S(=O)(=O)I. The predicted molar refractivity (Wildman–Crippen MR) is 42.7 cm³/mol. The Morgan fingerprint density at radius 2 is 1.38 bits per heavy atom. The van der Waals surface area contributed by atoms with Gasteiger partial charge >= 0.3 is 0 Å². The Hall–Kier alpha value is 0.680.